The molecular formula is C12H19N. The third-order valence-electron chi connectivity index (χ3n) is 2.99. The molecule has 2 aliphatic rings. The molecule has 2 rings (SSSR count). The molecule has 1 atom stereocenters. The molecule has 0 amide bonds. The Kier molecular flexibility index (Phi) is 2.84. The van der Waals surface area contributed by atoms with Crippen molar-refractivity contribution in [3.05, 3.63) is 23.8 Å². The maximum absolute atomic E-state index is 2.58. The van der Waals surface area contributed by atoms with Crippen LogP contribution in [0.15, 0.2) is 23.8 Å². The van der Waals surface area contributed by atoms with E-state index in [-0.39, 0.29) is 0 Å². The molecule has 1 heterocycles. The van der Waals surface area contributed by atoms with E-state index in [0.717, 1.165) is 5.92 Å². The molecule has 0 radical (unpaired) electrons. The predicted octanol–water partition coefficient (Wildman–Crippen LogP) is 2.60. The van der Waals surface area contributed by atoms with E-state index >= 15 is 0 Å². The molecule has 1 nitrogen and oxygen atoms in total. The Bertz CT molecular complexity index is 227. The fraction of sp³-hybridized carbons (Fsp3) is 0.667. The van der Waals surface area contributed by atoms with Crippen molar-refractivity contribution in [1.82, 2.24) is 4.90 Å². The molecule has 72 valence electrons. The first kappa shape index (κ1) is 9.01. The lowest BCUT2D eigenvalue weighted by atomic mass is 10.1. The molecule has 0 aromatic heterocycles. The van der Waals surface area contributed by atoms with Gasteiger partial charge in [0.1, 0.15) is 0 Å². The van der Waals surface area contributed by atoms with Gasteiger partial charge in [0.05, 0.1) is 0 Å². The average molecular weight is 177 g/mol. The summed E-state index contributed by atoms with van der Waals surface area (Å²) in [5.74, 6) is 0.910. The molecule has 1 fully saturated rings. The van der Waals surface area contributed by atoms with Crippen LogP contribution in [0.25, 0.3) is 0 Å². The highest BCUT2D eigenvalue weighted by molar-refractivity contribution is 5.23. The first-order valence-corrected chi connectivity index (χ1v) is 5.42. The Morgan fingerprint density at radius 1 is 1.46 bits per heavy atom. The van der Waals surface area contributed by atoms with E-state index in [4.69, 9.17) is 0 Å². The zero-order chi connectivity index (χ0) is 9.10. The average Bonchev–Trinajstić information content (AvgIpc) is 2.53. The van der Waals surface area contributed by atoms with E-state index in [1.165, 1.54) is 44.5 Å². The van der Waals surface area contributed by atoms with Crippen molar-refractivity contribution in [1.29, 1.82) is 0 Å². The molecule has 0 bridgehead atoms. The number of hydrogen-bond acceptors (Lipinski definition) is 1. The first-order valence-electron chi connectivity index (χ1n) is 5.42. The molecule has 0 saturated carbocycles. The first-order chi connectivity index (χ1) is 6.34. The van der Waals surface area contributed by atoms with Crippen molar-refractivity contribution in [2.24, 2.45) is 5.92 Å². The summed E-state index contributed by atoms with van der Waals surface area (Å²) in [5, 5.41) is 0. The van der Waals surface area contributed by atoms with Gasteiger partial charge in [0.25, 0.3) is 0 Å². The third-order valence-corrected chi connectivity index (χ3v) is 2.99. The van der Waals surface area contributed by atoms with Crippen molar-refractivity contribution < 1.29 is 0 Å². The van der Waals surface area contributed by atoms with Gasteiger partial charge in [-0.05, 0) is 37.3 Å². The molecule has 1 aliphatic heterocycles. The van der Waals surface area contributed by atoms with E-state index in [1.807, 2.05) is 0 Å². The van der Waals surface area contributed by atoms with Gasteiger partial charge in [0, 0.05) is 13.1 Å². The molecule has 0 aromatic rings. The summed E-state index contributed by atoms with van der Waals surface area (Å²) in [6, 6.07) is 0. The van der Waals surface area contributed by atoms with Crippen LogP contribution in [0, 0.1) is 5.92 Å². The number of likely N-dealkylation sites (tertiary alicyclic amines) is 1. The minimum Gasteiger partial charge on any atom is -0.299 e. The van der Waals surface area contributed by atoms with E-state index in [1.54, 1.807) is 0 Å². The van der Waals surface area contributed by atoms with Gasteiger partial charge >= 0.3 is 0 Å². The number of nitrogens with zero attached hydrogens (tertiary/aromatic N) is 1. The van der Waals surface area contributed by atoms with Crippen LogP contribution in [0.1, 0.15) is 26.2 Å². The second-order valence-corrected chi connectivity index (χ2v) is 4.39. The van der Waals surface area contributed by atoms with Gasteiger partial charge < -0.3 is 0 Å². The highest BCUT2D eigenvalue weighted by Crippen LogP contribution is 2.18. The van der Waals surface area contributed by atoms with Crippen molar-refractivity contribution in [3.8, 4) is 0 Å². The van der Waals surface area contributed by atoms with Crippen molar-refractivity contribution in [3.63, 3.8) is 0 Å². The largest absolute Gasteiger partial charge is 0.299 e. The lowest BCUT2D eigenvalue weighted by molar-refractivity contribution is 0.357. The Balaban J connectivity index is 1.84. The van der Waals surface area contributed by atoms with Crippen LogP contribution in [0.3, 0.4) is 0 Å². The molecular weight excluding hydrogens is 158 g/mol. The number of hydrogen-bond donors (Lipinski definition) is 0. The minimum absolute atomic E-state index is 0.910. The van der Waals surface area contributed by atoms with Crippen LogP contribution in [0.4, 0.5) is 0 Å². The van der Waals surface area contributed by atoms with Crippen molar-refractivity contribution >= 4 is 0 Å². The van der Waals surface area contributed by atoms with Crippen LogP contribution in [0.2, 0.25) is 0 Å². The SMILES string of the molecule is CC1CCN(CC2=CCCC=C2)C1. The molecule has 1 heteroatoms. The highest BCUT2D eigenvalue weighted by Gasteiger charge is 2.18. The van der Waals surface area contributed by atoms with Crippen LogP contribution in [-0.4, -0.2) is 24.5 Å². The summed E-state index contributed by atoms with van der Waals surface area (Å²) in [7, 11) is 0. The molecule has 0 N–H and O–H groups in total. The van der Waals surface area contributed by atoms with Gasteiger partial charge in [-0.2, -0.15) is 0 Å². The standard InChI is InChI=1S/C12H19N/c1-11-7-8-13(9-11)10-12-5-3-2-4-6-12/h3,5-6,11H,2,4,7-10H2,1H3. The quantitative estimate of drug-likeness (QED) is 0.626. The molecule has 1 saturated heterocycles. The maximum Gasteiger partial charge on any atom is 0.0230 e. The van der Waals surface area contributed by atoms with Gasteiger partial charge in [-0.15, -0.1) is 0 Å². The normalized spacial score (nSPS) is 29.3. The summed E-state index contributed by atoms with van der Waals surface area (Å²) in [6.07, 6.45) is 10.9. The molecule has 0 aromatic carbocycles. The fourth-order valence-corrected chi connectivity index (χ4v) is 2.21. The summed E-state index contributed by atoms with van der Waals surface area (Å²) in [5.41, 5.74) is 1.53. The van der Waals surface area contributed by atoms with Gasteiger partial charge in [-0.25, -0.2) is 0 Å². The van der Waals surface area contributed by atoms with E-state index in [9.17, 15) is 0 Å². The van der Waals surface area contributed by atoms with Gasteiger partial charge in [0.15, 0.2) is 0 Å². The lowest BCUT2D eigenvalue weighted by Crippen LogP contribution is -2.22. The zero-order valence-corrected chi connectivity index (χ0v) is 8.50. The Hall–Kier alpha value is -0.560. The monoisotopic (exact) mass is 177 g/mol. The highest BCUT2D eigenvalue weighted by atomic mass is 15.1. The van der Waals surface area contributed by atoms with E-state index in [0.29, 0.717) is 0 Å². The van der Waals surface area contributed by atoms with Gasteiger partial charge in [-0.3, -0.25) is 4.90 Å². The van der Waals surface area contributed by atoms with Crippen LogP contribution in [-0.2, 0) is 0 Å². The summed E-state index contributed by atoms with van der Waals surface area (Å²) in [6.45, 7) is 6.13. The van der Waals surface area contributed by atoms with E-state index in [2.05, 4.69) is 30.1 Å². The second-order valence-electron chi connectivity index (χ2n) is 4.39. The molecule has 1 aliphatic carbocycles. The van der Waals surface area contributed by atoms with Crippen molar-refractivity contribution in [2.45, 2.75) is 26.2 Å². The lowest BCUT2D eigenvalue weighted by Gasteiger charge is -2.17. The van der Waals surface area contributed by atoms with Gasteiger partial charge in [0.2, 0.25) is 0 Å². The fourth-order valence-electron chi connectivity index (χ4n) is 2.21. The summed E-state index contributed by atoms with van der Waals surface area (Å²) < 4.78 is 0. The second kappa shape index (κ2) is 4.10. The molecule has 1 unspecified atom stereocenters. The Morgan fingerprint density at radius 3 is 3.00 bits per heavy atom. The van der Waals surface area contributed by atoms with Gasteiger partial charge in [-0.1, -0.05) is 25.2 Å². The number of allylic oxidation sites excluding steroid dienone is 2. The smallest absolute Gasteiger partial charge is 0.0230 e. The Labute approximate surface area is 81.1 Å². The van der Waals surface area contributed by atoms with Crippen LogP contribution < -0.4 is 0 Å². The topological polar surface area (TPSA) is 3.24 Å². The summed E-state index contributed by atoms with van der Waals surface area (Å²) in [4.78, 5) is 2.58. The zero-order valence-electron chi connectivity index (χ0n) is 8.50. The summed E-state index contributed by atoms with van der Waals surface area (Å²) >= 11 is 0. The van der Waals surface area contributed by atoms with Crippen molar-refractivity contribution in [2.75, 3.05) is 19.6 Å². The third kappa shape index (κ3) is 2.44. The Morgan fingerprint density at radius 2 is 2.38 bits per heavy atom. The minimum atomic E-state index is 0.910. The predicted molar refractivity (Wildman–Crippen MR) is 56.7 cm³/mol. The molecule has 13 heavy (non-hydrogen) atoms. The van der Waals surface area contributed by atoms with Crippen LogP contribution >= 0.6 is 0 Å². The number of rotatable bonds is 2. The maximum atomic E-state index is 2.58. The molecule has 0 spiro atoms. The van der Waals surface area contributed by atoms with E-state index < -0.39 is 0 Å². The van der Waals surface area contributed by atoms with Crippen LogP contribution in [0.5, 0.6) is 0 Å².